The van der Waals surface area contributed by atoms with Gasteiger partial charge in [0.25, 0.3) is 0 Å². The van der Waals surface area contributed by atoms with E-state index >= 15 is 0 Å². The Kier molecular flexibility index (Phi) is 6.85. The van der Waals surface area contributed by atoms with E-state index in [2.05, 4.69) is 4.90 Å². The maximum Gasteiger partial charge on any atom is 0.416 e. The van der Waals surface area contributed by atoms with Crippen LogP contribution in [0.5, 0.6) is 0 Å². The average molecular weight is 512 g/mol. The fourth-order valence-corrected chi connectivity index (χ4v) is 4.98. The molecule has 1 unspecified atom stereocenters. The number of ether oxygens (including phenoxy) is 1. The van der Waals surface area contributed by atoms with Crippen LogP contribution in [0.2, 0.25) is 0 Å². The van der Waals surface area contributed by atoms with E-state index in [0.717, 1.165) is 5.56 Å². The number of alkyl halides is 6. The zero-order valence-electron chi connectivity index (χ0n) is 19.7. The van der Waals surface area contributed by atoms with E-state index < -0.39 is 35.1 Å². The molecule has 2 aromatic carbocycles. The Morgan fingerprint density at radius 1 is 1.03 bits per heavy atom. The van der Waals surface area contributed by atoms with Crippen molar-refractivity contribution in [1.82, 2.24) is 9.80 Å². The number of hydrogen-bond acceptors (Lipinski definition) is 3. The van der Waals surface area contributed by atoms with Gasteiger partial charge in [0.2, 0.25) is 5.91 Å². The van der Waals surface area contributed by atoms with E-state index in [0.29, 0.717) is 31.5 Å². The zero-order chi connectivity index (χ0) is 26.3. The maximum absolute atomic E-state index is 13.3. The lowest BCUT2D eigenvalue weighted by molar-refractivity contribution is -0.143. The van der Waals surface area contributed by atoms with Gasteiger partial charge in [0.15, 0.2) is 0 Å². The predicted molar refractivity (Wildman–Crippen MR) is 120 cm³/mol. The molecule has 2 bridgehead atoms. The Bertz CT molecular complexity index is 1100. The van der Waals surface area contributed by atoms with Gasteiger partial charge in [0, 0.05) is 25.9 Å². The van der Waals surface area contributed by atoms with Crippen LogP contribution in [0.3, 0.4) is 0 Å². The summed E-state index contributed by atoms with van der Waals surface area (Å²) < 4.78 is 86.1. The van der Waals surface area contributed by atoms with Crippen molar-refractivity contribution in [2.45, 2.75) is 56.7 Å². The summed E-state index contributed by atoms with van der Waals surface area (Å²) in [6, 6.07) is 10.9. The number of carbonyl (C=O) groups is 1. The Balaban J connectivity index is 1.65. The summed E-state index contributed by atoms with van der Waals surface area (Å²) in [5.74, 6) is -0.0713. The topological polar surface area (TPSA) is 32.8 Å². The molecule has 1 fully saturated rings. The summed E-state index contributed by atoms with van der Waals surface area (Å²) in [7, 11) is 0. The molecule has 0 saturated carbocycles. The molecule has 4 rings (SSSR count). The number of halogens is 6. The standard InChI is InChI=1S/C26H26F6N2O2/c1-17(19-12-21(25(27,28)29)14-22(13-19)26(30,31)32)36-16-24(20-6-4-3-5-7-20)9-8-23-15-33(24)10-11-34(23)18(2)35/h3-7,10-14,17,23H,8-9,15-16H2,1-2H3/t17-,23?,24-/m1/s1. The fraction of sp³-hybridized carbons (Fsp3) is 0.423. The van der Waals surface area contributed by atoms with Gasteiger partial charge in [-0.3, -0.25) is 4.79 Å². The Morgan fingerprint density at radius 2 is 1.64 bits per heavy atom. The van der Waals surface area contributed by atoms with E-state index in [1.54, 1.807) is 17.3 Å². The molecule has 4 nitrogen and oxygen atoms in total. The molecule has 36 heavy (non-hydrogen) atoms. The second-order valence-electron chi connectivity index (χ2n) is 9.26. The van der Waals surface area contributed by atoms with Crippen molar-refractivity contribution in [2.24, 2.45) is 0 Å². The first-order chi connectivity index (χ1) is 16.8. The summed E-state index contributed by atoms with van der Waals surface area (Å²) in [5.41, 5.74) is -2.73. The lowest BCUT2D eigenvalue weighted by atomic mass is 9.78. The fourth-order valence-electron chi connectivity index (χ4n) is 4.98. The molecule has 0 aliphatic carbocycles. The Labute approximate surface area is 205 Å². The van der Waals surface area contributed by atoms with Crippen molar-refractivity contribution in [3.8, 4) is 0 Å². The number of amides is 1. The summed E-state index contributed by atoms with van der Waals surface area (Å²) in [6.45, 7) is 3.51. The van der Waals surface area contributed by atoms with Crippen molar-refractivity contribution >= 4 is 5.91 Å². The van der Waals surface area contributed by atoms with Gasteiger partial charge in [-0.1, -0.05) is 30.3 Å². The van der Waals surface area contributed by atoms with Crippen LogP contribution in [-0.2, 0) is 27.4 Å². The van der Waals surface area contributed by atoms with Gasteiger partial charge in [0.1, 0.15) is 0 Å². The molecule has 194 valence electrons. The number of benzene rings is 2. The molecular formula is C26H26F6N2O2. The third kappa shape index (κ3) is 5.09. The molecule has 0 N–H and O–H groups in total. The molecule has 2 aliphatic rings. The largest absolute Gasteiger partial charge is 0.416 e. The lowest BCUT2D eigenvalue weighted by Crippen LogP contribution is -2.59. The van der Waals surface area contributed by atoms with Crippen molar-refractivity contribution in [3.05, 3.63) is 83.2 Å². The lowest BCUT2D eigenvalue weighted by Gasteiger charge is -2.53. The number of hydrogen-bond donors (Lipinski definition) is 0. The molecule has 0 spiro atoms. The van der Waals surface area contributed by atoms with Gasteiger partial charge in [-0.2, -0.15) is 26.3 Å². The maximum atomic E-state index is 13.3. The summed E-state index contributed by atoms with van der Waals surface area (Å²) in [5, 5.41) is 0. The van der Waals surface area contributed by atoms with Crippen LogP contribution in [0.25, 0.3) is 0 Å². The van der Waals surface area contributed by atoms with Crippen molar-refractivity contribution < 1.29 is 35.9 Å². The third-order valence-electron chi connectivity index (χ3n) is 6.98. The van der Waals surface area contributed by atoms with Crippen molar-refractivity contribution in [1.29, 1.82) is 0 Å². The summed E-state index contributed by atoms with van der Waals surface area (Å²) in [6.07, 6.45) is -6.15. The van der Waals surface area contributed by atoms with Gasteiger partial charge in [-0.15, -0.1) is 0 Å². The average Bonchev–Trinajstić information content (AvgIpc) is 2.83. The predicted octanol–water partition coefficient (Wildman–Crippen LogP) is 6.50. The van der Waals surface area contributed by atoms with E-state index in [1.807, 2.05) is 30.3 Å². The number of fused-ring (bicyclic) bond motifs is 2. The minimum absolute atomic E-state index is 0.0282. The molecule has 2 aliphatic heterocycles. The van der Waals surface area contributed by atoms with Gasteiger partial charge in [-0.05, 0) is 49.1 Å². The molecule has 10 heteroatoms. The second kappa shape index (κ2) is 9.46. The van der Waals surface area contributed by atoms with Crippen LogP contribution in [0.1, 0.15) is 55.0 Å². The van der Waals surface area contributed by atoms with Crippen molar-refractivity contribution in [2.75, 3.05) is 13.2 Å². The quantitative estimate of drug-likeness (QED) is 0.429. The van der Waals surface area contributed by atoms with Crippen LogP contribution in [0, 0.1) is 0 Å². The molecule has 0 aromatic heterocycles. The highest BCUT2D eigenvalue weighted by molar-refractivity contribution is 5.75. The van der Waals surface area contributed by atoms with Crippen LogP contribution in [-0.4, -0.2) is 34.9 Å². The molecule has 2 aromatic rings. The minimum Gasteiger partial charge on any atom is -0.371 e. The highest BCUT2D eigenvalue weighted by Crippen LogP contribution is 2.43. The highest BCUT2D eigenvalue weighted by Gasteiger charge is 2.46. The summed E-state index contributed by atoms with van der Waals surface area (Å²) >= 11 is 0. The monoisotopic (exact) mass is 512 g/mol. The smallest absolute Gasteiger partial charge is 0.371 e. The SMILES string of the molecule is CC(=O)N1C=CN2CC1CC[C@@]2(CO[C@H](C)c1cc(C(F)(F)F)cc(C(F)(F)F)c1)c1ccccc1. The first kappa shape index (κ1) is 26.1. The van der Waals surface area contributed by atoms with Gasteiger partial charge in [-0.25, -0.2) is 0 Å². The van der Waals surface area contributed by atoms with E-state index in [-0.39, 0.29) is 30.2 Å². The Morgan fingerprint density at radius 3 is 2.19 bits per heavy atom. The van der Waals surface area contributed by atoms with Crippen LogP contribution < -0.4 is 0 Å². The zero-order valence-corrected chi connectivity index (χ0v) is 19.7. The molecule has 2 heterocycles. The molecule has 1 amide bonds. The molecule has 3 atom stereocenters. The molecular weight excluding hydrogens is 486 g/mol. The number of carbonyl (C=O) groups excluding carboxylic acids is 1. The van der Waals surface area contributed by atoms with Gasteiger partial charge >= 0.3 is 12.4 Å². The first-order valence-corrected chi connectivity index (χ1v) is 11.5. The van der Waals surface area contributed by atoms with E-state index in [1.165, 1.54) is 13.8 Å². The third-order valence-corrected chi connectivity index (χ3v) is 6.98. The highest BCUT2D eigenvalue weighted by atomic mass is 19.4. The van der Waals surface area contributed by atoms with Crippen LogP contribution in [0.15, 0.2) is 60.9 Å². The molecule has 0 radical (unpaired) electrons. The van der Waals surface area contributed by atoms with Gasteiger partial charge in [0.05, 0.1) is 35.4 Å². The number of nitrogens with zero attached hydrogens (tertiary/aromatic N) is 2. The van der Waals surface area contributed by atoms with Gasteiger partial charge < -0.3 is 14.5 Å². The minimum atomic E-state index is -4.93. The van der Waals surface area contributed by atoms with Crippen LogP contribution >= 0.6 is 0 Å². The number of rotatable bonds is 5. The molecule has 1 saturated heterocycles. The normalized spacial score (nSPS) is 23.1. The van der Waals surface area contributed by atoms with E-state index in [4.69, 9.17) is 4.74 Å². The second-order valence-corrected chi connectivity index (χ2v) is 9.26. The first-order valence-electron chi connectivity index (χ1n) is 11.5. The summed E-state index contributed by atoms with van der Waals surface area (Å²) in [4.78, 5) is 15.7. The Hall–Kier alpha value is -3.01. The van der Waals surface area contributed by atoms with Crippen molar-refractivity contribution in [3.63, 3.8) is 0 Å². The number of piperidine rings is 1. The van der Waals surface area contributed by atoms with Crippen LogP contribution in [0.4, 0.5) is 26.3 Å². The van der Waals surface area contributed by atoms with E-state index in [9.17, 15) is 31.1 Å².